The van der Waals surface area contributed by atoms with Crippen LogP contribution in [0.25, 0.3) is 0 Å². The number of rotatable bonds is 7. The Kier molecular flexibility index (Phi) is 5.81. The molecule has 1 aromatic heterocycles. The summed E-state index contributed by atoms with van der Waals surface area (Å²) in [5.41, 5.74) is 1.82. The fraction of sp³-hybridized carbons (Fsp3) is 0.474. The van der Waals surface area contributed by atoms with E-state index in [4.69, 9.17) is 4.98 Å². The third kappa shape index (κ3) is 4.66. The molecule has 25 heavy (non-hydrogen) atoms. The van der Waals surface area contributed by atoms with Gasteiger partial charge in [-0.25, -0.2) is 9.37 Å². The molecular weight excluding hydrogens is 317 g/mol. The van der Waals surface area contributed by atoms with Gasteiger partial charge in [-0.15, -0.1) is 0 Å². The molecule has 6 heteroatoms. The number of nitrogens with zero attached hydrogens (tertiary/aromatic N) is 3. The summed E-state index contributed by atoms with van der Waals surface area (Å²) >= 11 is 0. The van der Waals surface area contributed by atoms with E-state index in [1.807, 2.05) is 0 Å². The number of benzene rings is 1. The largest absolute Gasteiger partial charge is 0.355 e. The number of nitrogens with one attached hydrogen (secondary N) is 2. The summed E-state index contributed by atoms with van der Waals surface area (Å²) in [4.78, 5) is 11.6. The lowest BCUT2D eigenvalue weighted by atomic mass is 10.2. The lowest BCUT2D eigenvalue weighted by Gasteiger charge is -2.19. The molecule has 0 saturated carbocycles. The van der Waals surface area contributed by atoms with E-state index in [2.05, 4.69) is 40.4 Å². The van der Waals surface area contributed by atoms with Gasteiger partial charge in [0.2, 0.25) is 5.95 Å². The van der Waals surface area contributed by atoms with Crippen molar-refractivity contribution in [1.29, 1.82) is 0 Å². The maximum Gasteiger partial charge on any atom is 0.229 e. The van der Waals surface area contributed by atoms with Gasteiger partial charge in [0.25, 0.3) is 0 Å². The van der Waals surface area contributed by atoms with Gasteiger partial charge in [-0.2, -0.15) is 4.98 Å². The molecule has 0 spiro atoms. The van der Waals surface area contributed by atoms with Gasteiger partial charge in [0, 0.05) is 36.6 Å². The van der Waals surface area contributed by atoms with Crippen molar-refractivity contribution in [2.24, 2.45) is 0 Å². The number of hydrogen-bond donors (Lipinski definition) is 2. The Morgan fingerprint density at radius 2 is 2.00 bits per heavy atom. The van der Waals surface area contributed by atoms with Gasteiger partial charge >= 0.3 is 0 Å². The van der Waals surface area contributed by atoms with Crippen LogP contribution in [0.2, 0.25) is 0 Å². The molecule has 1 saturated heterocycles. The van der Waals surface area contributed by atoms with E-state index in [1.54, 1.807) is 12.1 Å². The summed E-state index contributed by atoms with van der Waals surface area (Å²) in [5, 5.41) is 6.71. The number of likely N-dealkylation sites (N-methyl/N-ethyl adjacent to an activating group) is 1. The maximum atomic E-state index is 13.1. The van der Waals surface area contributed by atoms with Crippen LogP contribution in [0.3, 0.4) is 0 Å². The van der Waals surface area contributed by atoms with E-state index >= 15 is 0 Å². The van der Waals surface area contributed by atoms with Crippen molar-refractivity contribution in [1.82, 2.24) is 15.3 Å². The third-order valence-electron chi connectivity index (χ3n) is 4.38. The molecule has 3 rings (SSSR count). The van der Waals surface area contributed by atoms with E-state index in [9.17, 15) is 4.39 Å². The van der Waals surface area contributed by atoms with Crippen LogP contribution in [0, 0.1) is 5.82 Å². The highest BCUT2D eigenvalue weighted by Crippen LogP contribution is 2.23. The predicted octanol–water partition coefficient (Wildman–Crippen LogP) is 3.50. The fourth-order valence-corrected chi connectivity index (χ4v) is 3.17. The summed E-state index contributed by atoms with van der Waals surface area (Å²) in [7, 11) is 0. The minimum Gasteiger partial charge on any atom is -0.355 e. The third-order valence-corrected chi connectivity index (χ3v) is 4.38. The lowest BCUT2D eigenvalue weighted by molar-refractivity contribution is 0.571. The highest BCUT2D eigenvalue weighted by atomic mass is 19.1. The molecule has 5 nitrogen and oxygen atoms in total. The number of anilines is 3. The van der Waals surface area contributed by atoms with Crippen molar-refractivity contribution in [3.63, 3.8) is 0 Å². The summed E-state index contributed by atoms with van der Waals surface area (Å²) in [6, 6.07) is 8.86. The minimum absolute atomic E-state index is 0.251. The Bertz CT molecular complexity index is 689. The van der Waals surface area contributed by atoms with Crippen LogP contribution >= 0.6 is 0 Å². The van der Waals surface area contributed by atoms with E-state index in [-0.39, 0.29) is 5.82 Å². The van der Waals surface area contributed by atoms with Gasteiger partial charge in [-0.3, -0.25) is 0 Å². The van der Waals surface area contributed by atoms with E-state index in [0.717, 1.165) is 56.1 Å². The molecule has 134 valence electrons. The molecule has 0 amide bonds. The lowest BCUT2D eigenvalue weighted by Crippen LogP contribution is -2.32. The number of aromatic nitrogens is 2. The van der Waals surface area contributed by atoms with E-state index in [1.165, 1.54) is 12.1 Å². The second-order valence-corrected chi connectivity index (χ2v) is 6.41. The predicted molar refractivity (Wildman–Crippen MR) is 100 cm³/mol. The molecule has 0 bridgehead atoms. The van der Waals surface area contributed by atoms with Crippen LogP contribution in [0.4, 0.5) is 21.8 Å². The van der Waals surface area contributed by atoms with Crippen LogP contribution < -0.4 is 15.5 Å². The monoisotopic (exact) mass is 343 g/mol. The van der Waals surface area contributed by atoms with Gasteiger partial charge in [0.1, 0.15) is 11.6 Å². The number of hydrogen-bond acceptors (Lipinski definition) is 5. The molecule has 0 radical (unpaired) electrons. The second-order valence-electron chi connectivity index (χ2n) is 6.41. The Morgan fingerprint density at radius 3 is 2.72 bits per heavy atom. The number of aryl methyl sites for hydroxylation is 1. The first-order valence-corrected chi connectivity index (χ1v) is 9.06. The Morgan fingerprint density at radius 1 is 1.20 bits per heavy atom. The highest BCUT2D eigenvalue weighted by molar-refractivity contribution is 5.56. The summed E-state index contributed by atoms with van der Waals surface area (Å²) in [6.45, 7) is 7.23. The first kappa shape index (κ1) is 17.6. The van der Waals surface area contributed by atoms with Crippen LogP contribution in [0.15, 0.2) is 30.3 Å². The number of halogens is 1. The van der Waals surface area contributed by atoms with Crippen LogP contribution in [-0.4, -0.2) is 35.6 Å². The standard InChI is InChI=1S/C19H26FN5/c1-3-5-16-12-18(25-11-10-17(13-25)21-4-2)24-19(23-16)22-15-8-6-14(20)7-9-15/h6-9,12,17,21H,3-5,10-11,13H2,1-2H3,(H,22,23,24)/t17-/m0/s1. The van der Waals surface area contributed by atoms with Crippen molar-refractivity contribution in [3.8, 4) is 0 Å². The SMILES string of the molecule is CCCc1cc(N2CC[C@H](NCC)C2)nc(Nc2ccc(F)cc2)n1. The molecule has 2 N–H and O–H groups in total. The molecule has 1 atom stereocenters. The molecule has 1 fully saturated rings. The quantitative estimate of drug-likeness (QED) is 0.806. The van der Waals surface area contributed by atoms with Gasteiger partial charge in [-0.1, -0.05) is 20.3 Å². The summed E-state index contributed by atoms with van der Waals surface area (Å²) in [6.07, 6.45) is 3.08. The smallest absolute Gasteiger partial charge is 0.229 e. The van der Waals surface area contributed by atoms with Crippen molar-refractivity contribution in [2.45, 2.75) is 39.2 Å². The molecule has 2 heterocycles. The van der Waals surface area contributed by atoms with Crippen molar-refractivity contribution in [3.05, 3.63) is 41.8 Å². The zero-order valence-corrected chi connectivity index (χ0v) is 14.9. The molecule has 1 aliphatic heterocycles. The summed E-state index contributed by atoms with van der Waals surface area (Å²) < 4.78 is 13.1. The zero-order valence-electron chi connectivity index (χ0n) is 14.9. The van der Waals surface area contributed by atoms with Crippen LogP contribution in [0.1, 0.15) is 32.4 Å². The Labute approximate surface area is 148 Å². The van der Waals surface area contributed by atoms with Crippen molar-refractivity contribution < 1.29 is 4.39 Å². The first-order chi connectivity index (χ1) is 12.2. The molecule has 0 aliphatic carbocycles. The topological polar surface area (TPSA) is 53.1 Å². The van der Waals surface area contributed by atoms with Gasteiger partial charge in [0.15, 0.2) is 0 Å². The van der Waals surface area contributed by atoms with Crippen LogP contribution in [0.5, 0.6) is 0 Å². The van der Waals surface area contributed by atoms with Crippen molar-refractivity contribution >= 4 is 17.5 Å². The first-order valence-electron chi connectivity index (χ1n) is 9.06. The fourth-order valence-electron chi connectivity index (χ4n) is 3.17. The van der Waals surface area contributed by atoms with Crippen molar-refractivity contribution in [2.75, 3.05) is 29.9 Å². The zero-order chi connectivity index (χ0) is 17.6. The molecule has 1 aliphatic rings. The minimum atomic E-state index is -0.251. The molecular formula is C19H26FN5. The van der Waals surface area contributed by atoms with Gasteiger partial charge in [0.05, 0.1) is 0 Å². The highest BCUT2D eigenvalue weighted by Gasteiger charge is 2.23. The average Bonchev–Trinajstić information content (AvgIpc) is 3.06. The van der Waals surface area contributed by atoms with E-state index in [0.29, 0.717) is 12.0 Å². The molecule has 1 aromatic carbocycles. The second kappa shape index (κ2) is 8.25. The van der Waals surface area contributed by atoms with Gasteiger partial charge < -0.3 is 15.5 Å². The van der Waals surface area contributed by atoms with Gasteiger partial charge in [-0.05, 0) is 43.7 Å². The van der Waals surface area contributed by atoms with E-state index < -0.39 is 0 Å². The Hall–Kier alpha value is -2.21. The summed E-state index contributed by atoms with van der Waals surface area (Å²) in [5.74, 6) is 1.28. The molecule has 0 unspecified atom stereocenters. The maximum absolute atomic E-state index is 13.1. The molecule has 2 aromatic rings. The normalized spacial score (nSPS) is 17.1. The Balaban J connectivity index is 1.80. The van der Waals surface area contributed by atoms with Crippen LogP contribution in [-0.2, 0) is 6.42 Å². The average molecular weight is 343 g/mol.